The summed E-state index contributed by atoms with van der Waals surface area (Å²) in [5.74, 6) is 0.0327. The lowest BCUT2D eigenvalue weighted by Crippen LogP contribution is -2.37. The minimum atomic E-state index is -0.346. The van der Waals surface area contributed by atoms with Crippen molar-refractivity contribution >= 4 is 17.6 Å². The van der Waals surface area contributed by atoms with Gasteiger partial charge in [0.05, 0.1) is 11.3 Å². The number of ether oxygens (including phenoxy) is 2. The second-order valence-electron chi connectivity index (χ2n) is 8.61. The molecule has 5 nitrogen and oxygen atoms in total. The molecule has 0 radical (unpaired) electrons. The van der Waals surface area contributed by atoms with Gasteiger partial charge in [0, 0.05) is 18.0 Å². The van der Waals surface area contributed by atoms with Crippen LogP contribution in [-0.2, 0) is 20.9 Å². The van der Waals surface area contributed by atoms with E-state index in [1.807, 2.05) is 80.6 Å². The van der Waals surface area contributed by atoms with Gasteiger partial charge in [-0.2, -0.15) is 0 Å². The number of amides is 1. The fraction of sp³-hybridized carbons (Fsp3) is 0.214. The Bertz CT molecular complexity index is 1220. The molecule has 1 amide bonds. The van der Waals surface area contributed by atoms with E-state index in [0.717, 1.165) is 33.7 Å². The highest BCUT2D eigenvalue weighted by Gasteiger charge is 2.43. The first-order valence-corrected chi connectivity index (χ1v) is 11.1. The summed E-state index contributed by atoms with van der Waals surface area (Å²) in [6.07, 6.45) is 0.213. The van der Waals surface area contributed by atoms with Crippen LogP contribution in [0.3, 0.4) is 0 Å². The van der Waals surface area contributed by atoms with Gasteiger partial charge < -0.3 is 9.47 Å². The van der Waals surface area contributed by atoms with E-state index in [-0.39, 0.29) is 30.8 Å². The molecular weight excluding hydrogens is 414 g/mol. The zero-order chi connectivity index (χ0) is 22.9. The Kier molecular flexibility index (Phi) is 5.47. The van der Waals surface area contributed by atoms with E-state index in [4.69, 9.17) is 9.47 Å². The van der Waals surface area contributed by atoms with Gasteiger partial charge in [0.2, 0.25) is 5.91 Å². The Labute approximate surface area is 193 Å². The second kappa shape index (κ2) is 8.58. The van der Waals surface area contributed by atoms with Crippen LogP contribution < -0.4 is 9.64 Å². The summed E-state index contributed by atoms with van der Waals surface area (Å²) >= 11 is 0. The van der Waals surface area contributed by atoms with E-state index in [1.165, 1.54) is 0 Å². The molecule has 1 atom stereocenters. The van der Waals surface area contributed by atoms with Crippen LogP contribution in [0.4, 0.5) is 5.69 Å². The number of nitrogens with zero attached hydrogens (tertiary/aromatic N) is 1. The van der Waals surface area contributed by atoms with Crippen molar-refractivity contribution in [3.63, 3.8) is 0 Å². The summed E-state index contributed by atoms with van der Waals surface area (Å²) < 4.78 is 11.3. The van der Waals surface area contributed by atoms with Crippen LogP contribution in [0.15, 0.2) is 84.1 Å². The van der Waals surface area contributed by atoms with E-state index < -0.39 is 0 Å². The van der Waals surface area contributed by atoms with E-state index in [2.05, 4.69) is 6.07 Å². The van der Waals surface area contributed by atoms with E-state index >= 15 is 0 Å². The molecular formula is C28H25NO4. The normalized spacial score (nSPS) is 17.8. The molecule has 2 heterocycles. The number of hydrogen-bond acceptors (Lipinski definition) is 4. The van der Waals surface area contributed by atoms with Gasteiger partial charge in [-0.05, 0) is 60.4 Å². The van der Waals surface area contributed by atoms with Crippen LogP contribution in [-0.4, -0.2) is 18.5 Å². The van der Waals surface area contributed by atoms with E-state index in [9.17, 15) is 9.59 Å². The Morgan fingerprint density at radius 3 is 2.33 bits per heavy atom. The average Bonchev–Trinajstić information content (AvgIpc) is 3.18. The van der Waals surface area contributed by atoms with Crippen LogP contribution in [0.1, 0.15) is 34.6 Å². The maximum Gasteiger partial charge on any atom is 0.336 e. The Morgan fingerprint density at radius 1 is 0.939 bits per heavy atom. The molecule has 0 bridgehead atoms. The molecule has 5 heteroatoms. The molecule has 0 aliphatic carbocycles. The molecule has 0 spiro atoms. The molecule has 2 aliphatic rings. The van der Waals surface area contributed by atoms with Gasteiger partial charge in [-0.3, -0.25) is 9.69 Å². The summed E-state index contributed by atoms with van der Waals surface area (Å²) in [5, 5.41) is 0. The zero-order valence-corrected chi connectivity index (χ0v) is 18.7. The van der Waals surface area contributed by atoms with Crippen molar-refractivity contribution in [2.45, 2.75) is 32.8 Å². The number of anilines is 1. The lowest BCUT2D eigenvalue weighted by Gasteiger charge is -2.32. The summed E-state index contributed by atoms with van der Waals surface area (Å²) in [6, 6.07) is 23.6. The smallest absolute Gasteiger partial charge is 0.336 e. The minimum Gasteiger partial charge on any atom is -0.489 e. The highest BCUT2D eigenvalue weighted by Crippen LogP contribution is 2.42. The summed E-state index contributed by atoms with van der Waals surface area (Å²) in [7, 11) is 0. The number of carbonyl (C=O) groups is 2. The monoisotopic (exact) mass is 439 g/mol. The molecule has 166 valence electrons. The van der Waals surface area contributed by atoms with Crippen LogP contribution in [0.5, 0.6) is 5.75 Å². The first kappa shape index (κ1) is 21.0. The fourth-order valence-electron chi connectivity index (χ4n) is 4.66. The number of esters is 1. The van der Waals surface area contributed by atoms with Gasteiger partial charge in [-0.15, -0.1) is 0 Å². The lowest BCUT2D eigenvalue weighted by molar-refractivity contribution is -0.136. The van der Waals surface area contributed by atoms with Crippen molar-refractivity contribution in [3.8, 4) is 5.75 Å². The molecule has 0 fully saturated rings. The van der Waals surface area contributed by atoms with Crippen LogP contribution >= 0.6 is 0 Å². The third-order valence-corrected chi connectivity index (χ3v) is 6.11. The molecule has 0 saturated carbocycles. The second-order valence-corrected chi connectivity index (χ2v) is 8.61. The molecule has 5 rings (SSSR count). The van der Waals surface area contributed by atoms with Crippen LogP contribution in [0.25, 0.3) is 0 Å². The molecule has 1 unspecified atom stereocenters. The highest BCUT2D eigenvalue weighted by molar-refractivity contribution is 6.06. The number of carbonyl (C=O) groups excluding carboxylic acids is 2. The zero-order valence-electron chi connectivity index (χ0n) is 18.7. The number of cyclic esters (lactones) is 1. The Hall–Kier alpha value is -3.86. The van der Waals surface area contributed by atoms with Gasteiger partial charge in [0.15, 0.2) is 0 Å². The molecule has 2 aliphatic heterocycles. The number of benzene rings is 3. The van der Waals surface area contributed by atoms with Crippen molar-refractivity contribution in [2.24, 2.45) is 0 Å². The fourth-order valence-corrected chi connectivity index (χ4v) is 4.66. The standard InChI is InChI=1S/C28H25NO4/c1-18-12-19(2)14-22(13-18)29-25-17-33-28(31)27(25)24(15-26(29)30)21-8-10-23(11-9-21)32-16-20-6-4-3-5-7-20/h3-14,24H,15-17H2,1-2H3. The molecule has 3 aromatic rings. The number of aryl methyl sites for hydroxylation is 2. The Morgan fingerprint density at radius 2 is 1.64 bits per heavy atom. The average molecular weight is 440 g/mol. The quantitative estimate of drug-likeness (QED) is 0.512. The van der Waals surface area contributed by atoms with Gasteiger partial charge in [-0.1, -0.05) is 48.5 Å². The maximum atomic E-state index is 13.3. The van der Waals surface area contributed by atoms with Crippen LogP contribution in [0.2, 0.25) is 0 Å². The summed E-state index contributed by atoms with van der Waals surface area (Å²) in [5.41, 5.74) is 6.14. The first-order chi connectivity index (χ1) is 16.0. The van der Waals surface area contributed by atoms with Gasteiger partial charge in [0.1, 0.15) is 19.0 Å². The van der Waals surface area contributed by atoms with E-state index in [1.54, 1.807) is 4.90 Å². The molecule has 33 heavy (non-hydrogen) atoms. The van der Waals surface area contributed by atoms with Crippen molar-refractivity contribution in [2.75, 3.05) is 11.5 Å². The Balaban J connectivity index is 1.42. The molecule has 3 aromatic carbocycles. The van der Waals surface area contributed by atoms with Crippen molar-refractivity contribution in [1.29, 1.82) is 0 Å². The van der Waals surface area contributed by atoms with Gasteiger partial charge in [0.25, 0.3) is 0 Å². The van der Waals surface area contributed by atoms with E-state index in [0.29, 0.717) is 17.9 Å². The van der Waals surface area contributed by atoms with Crippen molar-refractivity contribution in [1.82, 2.24) is 0 Å². The maximum absolute atomic E-state index is 13.3. The predicted octanol–water partition coefficient (Wildman–Crippen LogP) is 5.21. The van der Waals surface area contributed by atoms with Crippen molar-refractivity contribution < 1.29 is 19.1 Å². The predicted molar refractivity (Wildman–Crippen MR) is 126 cm³/mol. The van der Waals surface area contributed by atoms with Crippen LogP contribution in [0, 0.1) is 13.8 Å². The van der Waals surface area contributed by atoms with Crippen molar-refractivity contribution in [3.05, 3.63) is 106 Å². The molecule has 0 saturated heterocycles. The topological polar surface area (TPSA) is 55.8 Å². The molecule has 0 N–H and O–H groups in total. The van der Waals surface area contributed by atoms with Gasteiger partial charge in [-0.25, -0.2) is 4.79 Å². The third kappa shape index (κ3) is 4.14. The molecule has 0 aromatic heterocycles. The lowest BCUT2D eigenvalue weighted by atomic mass is 9.84. The summed E-state index contributed by atoms with van der Waals surface area (Å²) in [4.78, 5) is 27.6. The first-order valence-electron chi connectivity index (χ1n) is 11.1. The highest BCUT2D eigenvalue weighted by atomic mass is 16.5. The van der Waals surface area contributed by atoms with Gasteiger partial charge >= 0.3 is 5.97 Å². The largest absolute Gasteiger partial charge is 0.489 e. The SMILES string of the molecule is Cc1cc(C)cc(N2C(=O)CC(c3ccc(OCc4ccccc4)cc3)C3=C2COC3=O)c1. The minimum absolute atomic E-state index is 0.0357. The number of hydrogen-bond donors (Lipinski definition) is 0. The summed E-state index contributed by atoms with van der Waals surface area (Å²) in [6.45, 7) is 4.59. The third-order valence-electron chi connectivity index (χ3n) is 6.11. The number of rotatable bonds is 5.